The van der Waals surface area contributed by atoms with Gasteiger partial charge in [0.1, 0.15) is 0 Å². The molecule has 0 saturated carbocycles. The lowest BCUT2D eigenvalue weighted by Gasteiger charge is -2.20. The fourth-order valence-electron chi connectivity index (χ4n) is 1.34. The summed E-state index contributed by atoms with van der Waals surface area (Å²) in [5.41, 5.74) is -1.33. The van der Waals surface area contributed by atoms with E-state index in [-0.39, 0.29) is 12.1 Å². The van der Waals surface area contributed by atoms with Crippen LogP contribution in [-0.4, -0.2) is 12.1 Å². The summed E-state index contributed by atoms with van der Waals surface area (Å²) in [5.74, 6) is -5.46. The first-order chi connectivity index (χ1) is 8.68. The number of carbonyl (C=O) groups is 1. The molecule has 0 aromatic heterocycles. The Kier molecular flexibility index (Phi) is 4.49. The second-order valence-corrected chi connectivity index (χ2v) is 3.80. The van der Waals surface area contributed by atoms with Crippen LogP contribution < -0.4 is 5.32 Å². The molecule has 7 heteroatoms. The predicted molar refractivity (Wildman–Crippen MR) is 59.6 cm³/mol. The minimum atomic E-state index is -5.68. The van der Waals surface area contributed by atoms with Crippen LogP contribution >= 0.6 is 0 Å². The molecule has 0 unspecified atom stereocenters. The van der Waals surface area contributed by atoms with Crippen LogP contribution in [0.1, 0.15) is 18.4 Å². The Morgan fingerprint density at radius 2 is 1.84 bits per heavy atom. The highest BCUT2D eigenvalue weighted by Crippen LogP contribution is 2.44. The van der Waals surface area contributed by atoms with Crippen LogP contribution in [0.15, 0.2) is 24.3 Å². The van der Waals surface area contributed by atoms with E-state index in [1.807, 2.05) is 0 Å². The van der Waals surface area contributed by atoms with Gasteiger partial charge < -0.3 is 5.32 Å². The Morgan fingerprint density at radius 3 is 2.37 bits per heavy atom. The molecule has 0 bridgehead atoms. The lowest BCUT2D eigenvalue weighted by Crippen LogP contribution is -2.33. The number of alkyl halides is 5. The summed E-state index contributed by atoms with van der Waals surface area (Å²) in [7, 11) is 0. The van der Waals surface area contributed by atoms with Gasteiger partial charge in [0, 0.05) is 17.7 Å². The summed E-state index contributed by atoms with van der Waals surface area (Å²) in [6.45, 7) is 3.43. The highest BCUT2D eigenvalue weighted by Gasteiger charge is 2.58. The molecule has 1 aromatic rings. The maximum Gasteiger partial charge on any atom is 0.458 e. The van der Waals surface area contributed by atoms with Crippen LogP contribution in [0.3, 0.4) is 0 Å². The Morgan fingerprint density at radius 1 is 1.21 bits per heavy atom. The summed E-state index contributed by atoms with van der Waals surface area (Å²) < 4.78 is 62.7. The first kappa shape index (κ1) is 15.4. The van der Waals surface area contributed by atoms with Crippen LogP contribution in [0.4, 0.5) is 27.6 Å². The van der Waals surface area contributed by atoms with E-state index in [4.69, 9.17) is 0 Å². The van der Waals surface area contributed by atoms with Gasteiger partial charge in [-0.3, -0.25) is 4.79 Å². The van der Waals surface area contributed by atoms with E-state index in [9.17, 15) is 26.7 Å². The number of amides is 1. The van der Waals surface area contributed by atoms with Crippen molar-refractivity contribution in [3.05, 3.63) is 36.8 Å². The van der Waals surface area contributed by atoms with Crippen LogP contribution in [0.2, 0.25) is 0 Å². The Labute approximate surface area is 106 Å². The van der Waals surface area contributed by atoms with Gasteiger partial charge in [-0.25, -0.2) is 0 Å². The normalized spacial score (nSPS) is 12.3. The van der Waals surface area contributed by atoms with Crippen LogP contribution in [0.25, 0.3) is 0 Å². The quantitative estimate of drug-likeness (QED) is 0.833. The first-order valence-electron chi connectivity index (χ1n) is 5.32. The van der Waals surface area contributed by atoms with Gasteiger partial charge in [-0.2, -0.15) is 22.0 Å². The molecule has 0 aliphatic heterocycles. The molecule has 0 aliphatic carbocycles. The second-order valence-electron chi connectivity index (χ2n) is 3.80. The molecule has 0 aliphatic rings. The van der Waals surface area contributed by atoms with E-state index in [1.165, 1.54) is 6.07 Å². The summed E-state index contributed by atoms with van der Waals surface area (Å²) in [5, 5.41) is 2.23. The Hall–Kier alpha value is -1.66. The number of carbonyl (C=O) groups excluding carboxylic acids is 1. The van der Waals surface area contributed by atoms with Crippen molar-refractivity contribution in [2.45, 2.75) is 24.9 Å². The van der Waals surface area contributed by atoms with E-state index in [0.29, 0.717) is 18.6 Å². The van der Waals surface area contributed by atoms with Gasteiger partial charge in [0.05, 0.1) is 0 Å². The van der Waals surface area contributed by atoms with E-state index in [1.54, 1.807) is 0 Å². The predicted octanol–water partition coefficient (Wildman–Crippen LogP) is 3.89. The monoisotopic (exact) mass is 280 g/mol. The smallest absolute Gasteiger partial charge is 0.326 e. The average molecular weight is 280 g/mol. The average Bonchev–Trinajstić information content (AvgIpc) is 2.28. The van der Waals surface area contributed by atoms with Crippen molar-refractivity contribution < 1.29 is 26.7 Å². The molecular weight excluding hydrogens is 269 g/mol. The van der Waals surface area contributed by atoms with Gasteiger partial charge >= 0.3 is 12.1 Å². The molecule has 0 atom stereocenters. The number of nitrogens with one attached hydrogen (secondary N) is 1. The van der Waals surface area contributed by atoms with Gasteiger partial charge in [-0.15, -0.1) is 0 Å². The third kappa shape index (κ3) is 3.65. The fourth-order valence-corrected chi connectivity index (χ4v) is 1.34. The van der Waals surface area contributed by atoms with E-state index >= 15 is 0 Å². The highest BCUT2D eigenvalue weighted by atomic mass is 19.4. The number of anilines is 1. The maximum absolute atomic E-state index is 13.1. The largest absolute Gasteiger partial charge is 0.458 e. The van der Waals surface area contributed by atoms with E-state index < -0.39 is 23.6 Å². The molecule has 1 amide bonds. The molecule has 0 spiro atoms. The summed E-state index contributed by atoms with van der Waals surface area (Å²) in [6.07, 6.45) is -5.33. The van der Waals surface area contributed by atoms with Crippen molar-refractivity contribution in [1.82, 2.24) is 0 Å². The number of benzene rings is 1. The molecule has 0 saturated heterocycles. The number of hydrogen-bond donors (Lipinski definition) is 1. The van der Waals surface area contributed by atoms with Gasteiger partial charge in [-0.1, -0.05) is 19.1 Å². The topological polar surface area (TPSA) is 29.1 Å². The van der Waals surface area contributed by atoms with Crippen molar-refractivity contribution >= 4 is 11.6 Å². The molecule has 1 N–H and O–H groups in total. The van der Waals surface area contributed by atoms with Gasteiger partial charge in [0.15, 0.2) is 0 Å². The molecular formula is C12H11F5NO. The molecule has 1 rings (SSSR count). The van der Waals surface area contributed by atoms with Crippen LogP contribution in [0, 0.1) is 6.92 Å². The molecule has 19 heavy (non-hydrogen) atoms. The van der Waals surface area contributed by atoms with Crippen molar-refractivity contribution in [2.75, 3.05) is 5.32 Å². The number of hydrogen-bond acceptors (Lipinski definition) is 1. The fraction of sp³-hybridized carbons (Fsp3) is 0.333. The Balaban J connectivity index is 2.98. The third-order valence-electron chi connectivity index (χ3n) is 2.27. The van der Waals surface area contributed by atoms with E-state index in [2.05, 4.69) is 12.2 Å². The van der Waals surface area contributed by atoms with Gasteiger partial charge in [0.25, 0.3) is 0 Å². The second kappa shape index (κ2) is 5.54. The van der Waals surface area contributed by atoms with Crippen molar-refractivity contribution in [3.63, 3.8) is 0 Å². The Bertz CT molecular complexity index is 456. The molecule has 0 fully saturated rings. The lowest BCUT2D eigenvalue weighted by molar-refractivity contribution is -0.289. The number of rotatable bonds is 4. The van der Waals surface area contributed by atoms with E-state index in [0.717, 1.165) is 6.07 Å². The lowest BCUT2D eigenvalue weighted by atomic mass is 10.1. The molecule has 1 radical (unpaired) electrons. The zero-order valence-corrected chi connectivity index (χ0v) is 9.73. The first-order valence-corrected chi connectivity index (χ1v) is 5.32. The third-order valence-corrected chi connectivity index (χ3v) is 2.27. The van der Waals surface area contributed by atoms with Crippen LogP contribution in [0.5, 0.6) is 0 Å². The maximum atomic E-state index is 13.1. The number of halogens is 5. The standard InChI is InChI=1S/C12H11F5NO/c1-2-4-10(19)18-9-6-3-5-8(7-9)11(13,14)12(15,16)17/h3,5-7H,1-2,4H2,(H,18,19). The molecule has 2 nitrogen and oxygen atoms in total. The molecule has 105 valence electrons. The zero-order chi connectivity index (χ0) is 14.7. The summed E-state index contributed by atoms with van der Waals surface area (Å²) >= 11 is 0. The van der Waals surface area contributed by atoms with Crippen molar-refractivity contribution in [1.29, 1.82) is 0 Å². The van der Waals surface area contributed by atoms with Crippen LogP contribution in [-0.2, 0) is 10.7 Å². The summed E-state index contributed by atoms with van der Waals surface area (Å²) in [6, 6.07) is 3.52. The minimum Gasteiger partial charge on any atom is -0.326 e. The zero-order valence-electron chi connectivity index (χ0n) is 9.73. The van der Waals surface area contributed by atoms with Gasteiger partial charge in [-0.05, 0) is 18.6 Å². The summed E-state index contributed by atoms with van der Waals surface area (Å²) in [4.78, 5) is 11.2. The molecule has 0 heterocycles. The van der Waals surface area contributed by atoms with Crippen molar-refractivity contribution in [3.8, 4) is 0 Å². The molecule has 1 aromatic carbocycles. The SMILES string of the molecule is [CH2]CCC(=O)Nc1cccc(C(F)(F)C(F)(F)F)c1. The van der Waals surface area contributed by atoms with Crippen molar-refractivity contribution in [2.24, 2.45) is 0 Å². The highest BCUT2D eigenvalue weighted by molar-refractivity contribution is 5.90. The minimum absolute atomic E-state index is 0.0554. The van der Waals surface area contributed by atoms with Gasteiger partial charge in [0.2, 0.25) is 5.91 Å².